The molecular weight excluding hydrogens is 274 g/mol. The van der Waals surface area contributed by atoms with Gasteiger partial charge < -0.3 is 9.88 Å². The van der Waals surface area contributed by atoms with Crippen LogP contribution in [0.1, 0.15) is 37.7 Å². The Labute approximate surface area is 130 Å². The zero-order chi connectivity index (χ0) is 14.9. The summed E-state index contributed by atoms with van der Waals surface area (Å²) >= 11 is 0. The van der Waals surface area contributed by atoms with Crippen molar-refractivity contribution in [3.05, 3.63) is 36.2 Å². The maximum atomic E-state index is 12.5. The van der Waals surface area contributed by atoms with Crippen molar-refractivity contribution in [3.63, 3.8) is 0 Å². The van der Waals surface area contributed by atoms with Crippen LogP contribution >= 0.6 is 0 Å². The van der Waals surface area contributed by atoms with Crippen molar-refractivity contribution in [2.24, 2.45) is 5.92 Å². The molecule has 22 heavy (non-hydrogen) atoms. The second kappa shape index (κ2) is 5.59. The first-order valence-corrected chi connectivity index (χ1v) is 8.23. The molecule has 0 aromatic carbocycles. The zero-order valence-corrected chi connectivity index (χ0v) is 12.7. The monoisotopic (exact) mass is 295 g/mol. The third-order valence-corrected chi connectivity index (χ3v) is 5.01. The van der Waals surface area contributed by atoms with E-state index in [2.05, 4.69) is 16.0 Å². The van der Waals surface area contributed by atoms with Gasteiger partial charge in [0.05, 0.1) is 11.0 Å². The van der Waals surface area contributed by atoms with Gasteiger partial charge in [-0.1, -0.05) is 18.9 Å². The van der Waals surface area contributed by atoms with Crippen molar-refractivity contribution < 1.29 is 4.79 Å². The molecule has 1 fully saturated rings. The van der Waals surface area contributed by atoms with Crippen LogP contribution in [0.2, 0.25) is 0 Å². The molecule has 0 radical (unpaired) electrons. The number of nitrogens with one attached hydrogen (secondary N) is 1. The third kappa shape index (κ3) is 2.32. The van der Waals surface area contributed by atoms with Crippen LogP contribution in [-0.2, 0) is 4.79 Å². The van der Waals surface area contributed by atoms with Crippen molar-refractivity contribution in [3.8, 4) is 0 Å². The van der Waals surface area contributed by atoms with Crippen LogP contribution in [-0.4, -0.2) is 33.9 Å². The number of hydrogen-bond donors (Lipinski definition) is 1. The summed E-state index contributed by atoms with van der Waals surface area (Å²) in [6.45, 7) is 1.57. The summed E-state index contributed by atoms with van der Waals surface area (Å²) in [4.78, 5) is 22.3. The molecular formula is C18H21N3O. The van der Waals surface area contributed by atoms with Gasteiger partial charge in [0.25, 0.3) is 0 Å². The molecule has 1 N–H and O–H groups in total. The Morgan fingerprint density at radius 1 is 1.32 bits per heavy atom. The standard InChI is InChI=1S/C18H21N3O/c22-18(14-4-1-2-5-14)21-10-7-13(8-11-21)15-12-20-16-6-3-9-19-17(15)16/h3,6-7,9,12,14,20H,1-2,4-5,8,10-11H2. The van der Waals surface area contributed by atoms with Crippen molar-refractivity contribution in [2.75, 3.05) is 13.1 Å². The first kappa shape index (κ1) is 13.6. The first-order valence-electron chi connectivity index (χ1n) is 8.23. The number of carbonyl (C=O) groups is 1. The lowest BCUT2D eigenvalue weighted by Crippen LogP contribution is -2.38. The summed E-state index contributed by atoms with van der Waals surface area (Å²) in [7, 11) is 0. The molecule has 0 bridgehead atoms. The van der Waals surface area contributed by atoms with Crippen molar-refractivity contribution in [1.29, 1.82) is 0 Å². The average molecular weight is 295 g/mol. The van der Waals surface area contributed by atoms with E-state index in [1.54, 1.807) is 0 Å². The van der Waals surface area contributed by atoms with Gasteiger partial charge >= 0.3 is 0 Å². The van der Waals surface area contributed by atoms with Gasteiger partial charge in [-0.3, -0.25) is 9.78 Å². The van der Waals surface area contributed by atoms with Gasteiger partial charge in [-0.15, -0.1) is 0 Å². The molecule has 4 rings (SSSR count). The molecule has 1 amide bonds. The fraction of sp³-hybridized carbons (Fsp3) is 0.444. The Morgan fingerprint density at radius 2 is 2.18 bits per heavy atom. The van der Waals surface area contributed by atoms with Gasteiger partial charge in [-0.25, -0.2) is 0 Å². The molecule has 0 spiro atoms. The smallest absolute Gasteiger partial charge is 0.225 e. The number of nitrogens with zero attached hydrogens (tertiary/aromatic N) is 2. The number of rotatable bonds is 2. The molecule has 114 valence electrons. The summed E-state index contributed by atoms with van der Waals surface area (Å²) in [5, 5.41) is 0. The van der Waals surface area contributed by atoms with Gasteiger partial charge in [0.1, 0.15) is 0 Å². The normalized spacial score (nSPS) is 19.6. The van der Waals surface area contributed by atoms with E-state index in [0.29, 0.717) is 5.91 Å². The molecule has 4 heteroatoms. The van der Waals surface area contributed by atoms with Crippen LogP contribution in [0.3, 0.4) is 0 Å². The number of hydrogen-bond acceptors (Lipinski definition) is 2. The summed E-state index contributed by atoms with van der Waals surface area (Å²) in [5.74, 6) is 0.648. The Morgan fingerprint density at radius 3 is 2.95 bits per heavy atom. The number of carbonyl (C=O) groups excluding carboxylic acids is 1. The number of pyridine rings is 1. The van der Waals surface area contributed by atoms with Crippen molar-refractivity contribution in [1.82, 2.24) is 14.9 Å². The molecule has 2 aromatic heterocycles. The zero-order valence-electron chi connectivity index (χ0n) is 12.7. The minimum atomic E-state index is 0.282. The molecule has 0 saturated heterocycles. The lowest BCUT2D eigenvalue weighted by atomic mass is 9.99. The van der Waals surface area contributed by atoms with E-state index in [-0.39, 0.29) is 5.92 Å². The van der Waals surface area contributed by atoms with E-state index in [9.17, 15) is 4.79 Å². The van der Waals surface area contributed by atoms with E-state index < -0.39 is 0 Å². The molecule has 2 aromatic rings. The van der Waals surface area contributed by atoms with Crippen LogP contribution < -0.4 is 0 Å². The lowest BCUT2D eigenvalue weighted by Gasteiger charge is -2.28. The lowest BCUT2D eigenvalue weighted by molar-refractivity contribution is -0.134. The van der Waals surface area contributed by atoms with Crippen molar-refractivity contribution >= 4 is 22.5 Å². The van der Waals surface area contributed by atoms with Crippen LogP contribution in [0.25, 0.3) is 16.6 Å². The molecule has 3 heterocycles. The van der Waals surface area contributed by atoms with E-state index in [0.717, 1.165) is 43.4 Å². The molecule has 1 saturated carbocycles. The number of H-pyrrole nitrogens is 1. The maximum absolute atomic E-state index is 12.5. The number of aromatic amines is 1. The summed E-state index contributed by atoms with van der Waals surface area (Å²) < 4.78 is 0. The molecule has 1 aliphatic heterocycles. The fourth-order valence-electron chi connectivity index (χ4n) is 3.74. The topological polar surface area (TPSA) is 49.0 Å². The summed E-state index contributed by atoms with van der Waals surface area (Å²) in [6, 6.07) is 3.99. The highest BCUT2D eigenvalue weighted by Gasteiger charge is 2.28. The predicted molar refractivity (Wildman–Crippen MR) is 87.2 cm³/mol. The minimum absolute atomic E-state index is 0.282. The quantitative estimate of drug-likeness (QED) is 0.923. The van der Waals surface area contributed by atoms with Crippen LogP contribution in [0, 0.1) is 5.92 Å². The highest BCUT2D eigenvalue weighted by Crippen LogP contribution is 2.30. The Bertz CT molecular complexity index is 725. The highest BCUT2D eigenvalue weighted by molar-refractivity contribution is 5.90. The predicted octanol–water partition coefficient (Wildman–Crippen LogP) is 3.37. The molecule has 4 nitrogen and oxygen atoms in total. The third-order valence-electron chi connectivity index (χ3n) is 5.01. The number of aromatic nitrogens is 2. The minimum Gasteiger partial charge on any atom is -0.359 e. The van der Waals surface area contributed by atoms with Gasteiger partial charge in [-0.2, -0.15) is 0 Å². The highest BCUT2D eigenvalue weighted by atomic mass is 16.2. The van der Waals surface area contributed by atoms with Crippen LogP contribution in [0.5, 0.6) is 0 Å². The van der Waals surface area contributed by atoms with Crippen molar-refractivity contribution in [2.45, 2.75) is 32.1 Å². The molecule has 0 unspecified atom stereocenters. The van der Waals surface area contributed by atoms with Crippen LogP contribution in [0.15, 0.2) is 30.6 Å². The van der Waals surface area contributed by atoms with Crippen LogP contribution in [0.4, 0.5) is 0 Å². The fourth-order valence-corrected chi connectivity index (χ4v) is 3.74. The van der Waals surface area contributed by atoms with E-state index in [1.807, 2.05) is 29.4 Å². The van der Waals surface area contributed by atoms with E-state index in [4.69, 9.17) is 0 Å². The molecule has 1 aliphatic carbocycles. The van der Waals surface area contributed by atoms with Gasteiger partial charge in [0, 0.05) is 37.0 Å². The molecule has 0 atom stereocenters. The van der Waals surface area contributed by atoms with Gasteiger partial charge in [-0.05, 0) is 37.0 Å². The first-order chi connectivity index (χ1) is 10.8. The maximum Gasteiger partial charge on any atom is 0.225 e. The van der Waals surface area contributed by atoms with E-state index >= 15 is 0 Å². The average Bonchev–Trinajstić information content (AvgIpc) is 3.24. The summed E-state index contributed by atoms with van der Waals surface area (Å²) in [5.41, 5.74) is 4.59. The number of amides is 1. The second-order valence-electron chi connectivity index (χ2n) is 6.35. The largest absolute Gasteiger partial charge is 0.359 e. The number of fused-ring (bicyclic) bond motifs is 1. The SMILES string of the molecule is O=C(C1CCCC1)N1CC=C(c2c[nH]c3cccnc23)CC1. The second-order valence-corrected chi connectivity index (χ2v) is 6.35. The van der Waals surface area contributed by atoms with Gasteiger partial charge in [0.2, 0.25) is 5.91 Å². The van der Waals surface area contributed by atoms with Gasteiger partial charge in [0.15, 0.2) is 0 Å². The Hall–Kier alpha value is -2.10. The Kier molecular flexibility index (Phi) is 3.45. The molecule has 2 aliphatic rings. The summed E-state index contributed by atoms with van der Waals surface area (Å²) in [6.07, 6.45) is 11.6. The van der Waals surface area contributed by atoms with E-state index in [1.165, 1.54) is 24.0 Å². The Balaban J connectivity index is 1.52.